The molecule has 0 aromatic carbocycles. The molecule has 1 aromatic rings. The summed E-state index contributed by atoms with van der Waals surface area (Å²) in [7, 11) is 0. The Kier molecular flexibility index (Phi) is 4.38. The molecule has 2 heterocycles. The number of rotatable bonds is 5. The van der Waals surface area contributed by atoms with Crippen LogP contribution >= 0.6 is 11.6 Å². The summed E-state index contributed by atoms with van der Waals surface area (Å²) < 4.78 is 0. The third-order valence-electron chi connectivity index (χ3n) is 3.95. The van der Waals surface area contributed by atoms with Gasteiger partial charge in [-0.15, -0.1) is 0 Å². The molecule has 1 aliphatic rings. The van der Waals surface area contributed by atoms with Gasteiger partial charge in [-0.25, -0.2) is 9.97 Å². The van der Waals surface area contributed by atoms with Crippen LogP contribution in [-0.4, -0.2) is 38.1 Å². The Bertz CT molecular complexity index is 574. The Morgan fingerprint density at radius 1 is 1.71 bits per heavy atom. The minimum atomic E-state index is -0.959. The lowest BCUT2D eigenvalue weighted by Crippen LogP contribution is -2.46. The standard InChI is InChI=1S/C12H15ClN4O4/c1-7(12(5-9(18)19)3-2-4-15-12)10-8(17(20)21)6-14-11(13)16-10/h6-7,15H,2-5H2,1H3,(H,18,19). The van der Waals surface area contributed by atoms with Crippen molar-refractivity contribution in [3.63, 3.8) is 0 Å². The number of aromatic nitrogens is 2. The summed E-state index contributed by atoms with van der Waals surface area (Å²) in [4.78, 5) is 29.3. The molecule has 2 atom stereocenters. The number of nitro groups is 1. The van der Waals surface area contributed by atoms with Gasteiger partial charge in [0.25, 0.3) is 0 Å². The SMILES string of the molecule is CC(c1nc(Cl)ncc1[N+](=O)[O-])C1(CC(=O)O)CCCN1. The highest BCUT2D eigenvalue weighted by Crippen LogP contribution is 2.40. The smallest absolute Gasteiger partial charge is 0.309 e. The summed E-state index contributed by atoms with van der Waals surface area (Å²) in [5.41, 5.74) is -0.838. The molecule has 2 rings (SSSR count). The van der Waals surface area contributed by atoms with E-state index in [4.69, 9.17) is 16.7 Å². The van der Waals surface area contributed by atoms with Gasteiger partial charge in [-0.3, -0.25) is 14.9 Å². The molecule has 21 heavy (non-hydrogen) atoms. The number of carbonyl (C=O) groups is 1. The first-order chi connectivity index (χ1) is 9.85. The van der Waals surface area contributed by atoms with Crippen molar-refractivity contribution in [1.82, 2.24) is 15.3 Å². The van der Waals surface area contributed by atoms with Gasteiger partial charge in [-0.1, -0.05) is 6.92 Å². The van der Waals surface area contributed by atoms with Gasteiger partial charge >= 0.3 is 11.7 Å². The first kappa shape index (κ1) is 15.6. The molecule has 8 nitrogen and oxygen atoms in total. The van der Waals surface area contributed by atoms with E-state index >= 15 is 0 Å². The third kappa shape index (κ3) is 3.11. The minimum Gasteiger partial charge on any atom is -0.481 e. The summed E-state index contributed by atoms with van der Waals surface area (Å²) in [6.07, 6.45) is 2.35. The lowest BCUT2D eigenvalue weighted by Gasteiger charge is -2.33. The van der Waals surface area contributed by atoms with Crippen LogP contribution in [0.3, 0.4) is 0 Å². The van der Waals surface area contributed by atoms with E-state index in [9.17, 15) is 14.9 Å². The molecule has 1 saturated heterocycles. The highest BCUT2D eigenvalue weighted by molar-refractivity contribution is 6.28. The van der Waals surface area contributed by atoms with Crippen LogP contribution in [0.25, 0.3) is 0 Å². The topological polar surface area (TPSA) is 118 Å². The maximum Gasteiger partial charge on any atom is 0.309 e. The van der Waals surface area contributed by atoms with Crippen molar-refractivity contribution in [2.75, 3.05) is 6.54 Å². The molecule has 1 fully saturated rings. The molecule has 0 aliphatic carbocycles. The minimum absolute atomic E-state index is 0.0917. The van der Waals surface area contributed by atoms with Gasteiger partial charge in [0, 0.05) is 11.5 Å². The summed E-state index contributed by atoms with van der Waals surface area (Å²) in [6.45, 7) is 2.40. The molecule has 0 spiro atoms. The Labute approximate surface area is 125 Å². The van der Waals surface area contributed by atoms with Gasteiger partial charge in [0.2, 0.25) is 5.28 Å². The lowest BCUT2D eigenvalue weighted by atomic mass is 9.78. The molecule has 0 saturated carbocycles. The van der Waals surface area contributed by atoms with E-state index < -0.39 is 22.3 Å². The average Bonchev–Trinajstić information content (AvgIpc) is 2.86. The monoisotopic (exact) mass is 314 g/mol. The number of halogens is 1. The molecule has 0 bridgehead atoms. The summed E-state index contributed by atoms with van der Waals surface area (Å²) >= 11 is 5.74. The van der Waals surface area contributed by atoms with Crippen molar-refractivity contribution in [2.45, 2.75) is 37.6 Å². The van der Waals surface area contributed by atoms with Crippen LogP contribution in [0.5, 0.6) is 0 Å². The van der Waals surface area contributed by atoms with Crippen molar-refractivity contribution in [3.05, 3.63) is 27.3 Å². The molecule has 1 aromatic heterocycles. The molecule has 1 aliphatic heterocycles. The Morgan fingerprint density at radius 2 is 2.43 bits per heavy atom. The third-order valence-corrected chi connectivity index (χ3v) is 4.13. The van der Waals surface area contributed by atoms with Gasteiger partial charge in [-0.2, -0.15) is 0 Å². The van der Waals surface area contributed by atoms with Crippen LogP contribution in [-0.2, 0) is 4.79 Å². The maximum atomic E-state index is 11.1. The molecule has 2 unspecified atom stereocenters. The van der Waals surface area contributed by atoms with Crippen LogP contribution in [0.1, 0.15) is 37.8 Å². The van der Waals surface area contributed by atoms with Crippen LogP contribution in [0.15, 0.2) is 6.20 Å². The summed E-state index contributed by atoms with van der Waals surface area (Å²) in [5, 5.41) is 23.3. The van der Waals surface area contributed by atoms with Crippen molar-refractivity contribution >= 4 is 23.3 Å². The molecular weight excluding hydrogens is 300 g/mol. The van der Waals surface area contributed by atoms with E-state index in [2.05, 4.69) is 15.3 Å². The number of carboxylic acids is 1. The zero-order chi connectivity index (χ0) is 15.6. The molecule has 9 heteroatoms. The van der Waals surface area contributed by atoms with Crippen LogP contribution in [0.2, 0.25) is 5.28 Å². The second-order valence-electron chi connectivity index (χ2n) is 5.15. The van der Waals surface area contributed by atoms with Gasteiger partial charge in [0.15, 0.2) is 0 Å². The van der Waals surface area contributed by atoms with E-state index in [1.165, 1.54) is 0 Å². The largest absolute Gasteiger partial charge is 0.481 e. The molecular formula is C12H15ClN4O4. The predicted molar refractivity (Wildman–Crippen MR) is 74.3 cm³/mol. The van der Waals surface area contributed by atoms with Crippen LogP contribution < -0.4 is 5.32 Å². The first-order valence-corrected chi connectivity index (χ1v) is 6.87. The number of hydrogen-bond donors (Lipinski definition) is 2. The van der Waals surface area contributed by atoms with Crippen molar-refractivity contribution in [1.29, 1.82) is 0 Å². The molecule has 0 radical (unpaired) electrons. The van der Waals surface area contributed by atoms with E-state index in [1.54, 1.807) is 6.92 Å². The predicted octanol–water partition coefficient (Wildman–Crippen LogP) is 1.74. The number of nitrogens with one attached hydrogen (secondary N) is 1. The normalized spacial score (nSPS) is 23.0. The maximum absolute atomic E-state index is 11.1. The quantitative estimate of drug-likeness (QED) is 0.482. The summed E-state index contributed by atoms with van der Waals surface area (Å²) in [5.74, 6) is -1.43. The fourth-order valence-corrected chi connectivity index (χ4v) is 3.00. The highest BCUT2D eigenvalue weighted by atomic mass is 35.5. The van der Waals surface area contributed by atoms with Crippen LogP contribution in [0, 0.1) is 10.1 Å². The number of aliphatic carboxylic acids is 1. The van der Waals surface area contributed by atoms with E-state index in [0.717, 1.165) is 12.6 Å². The van der Waals surface area contributed by atoms with Crippen molar-refractivity contribution < 1.29 is 14.8 Å². The number of hydrogen-bond acceptors (Lipinski definition) is 6. The molecule has 2 N–H and O–H groups in total. The van der Waals surface area contributed by atoms with Crippen molar-refractivity contribution in [2.24, 2.45) is 0 Å². The van der Waals surface area contributed by atoms with E-state index in [1.807, 2.05) is 0 Å². The molecule has 0 amide bonds. The van der Waals surface area contributed by atoms with E-state index in [-0.39, 0.29) is 23.1 Å². The van der Waals surface area contributed by atoms with Crippen LogP contribution in [0.4, 0.5) is 5.69 Å². The Morgan fingerprint density at radius 3 is 2.95 bits per heavy atom. The van der Waals surface area contributed by atoms with Gasteiger partial charge in [0.1, 0.15) is 11.9 Å². The zero-order valence-electron chi connectivity index (χ0n) is 11.4. The Hall–Kier alpha value is -1.80. The van der Waals surface area contributed by atoms with Gasteiger partial charge in [0.05, 0.1) is 11.3 Å². The highest BCUT2D eigenvalue weighted by Gasteiger charge is 2.44. The van der Waals surface area contributed by atoms with Gasteiger partial charge in [-0.05, 0) is 31.0 Å². The second-order valence-corrected chi connectivity index (χ2v) is 5.48. The number of carboxylic acid groups (broad SMARTS) is 1. The zero-order valence-corrected chi connectivity index (χ0v) is 12.1. The van der Waals surface area contributed by atoms with Crippen molar-refractivity contribution in [3.8, 4) is 0 Å². The lowest BCUT2D eigenvalue weighted by molar-refractivity contribution is -0.386. The average molecular weight is 315 g/mol. The second kappa shape index (κ2) is 5.90. The fourth-order valence-electron chi connectivity index (χ4n) is 2.86. The summed E-state index contributed by atoms with van der Waals surface area (Å²) in [6, 6.07) is 0. The number of nitrogens with zero attached hydrogens (tertiary/aromatic N) is 3. The molecule has 114 valence electrons. The fraction of sp³-hybridized carbons (Fsp3) is 0.583. The van der Waals surface area contributed by atoms with Gasteiger partial charge < -0.3 is 10.4 Å². The Balaban J connectivity index is 2.46. The van der Waals surface area contributed by atoms with E-state index in [0.29, 0.717) is 13.0 Å². The first-order valence-electron chi connectivity index (χ1n) is 6.49.